The number of benzene rings is 1. The predicted molar refractivity (Wildman–Crippen MR) is 139 cm³/mol. The molecule has 0 bridgehead atoms. The van der Waals surface area contributed by atoms with Gasteiger partial charge >= 0.3 is 0 Å². The Bertz CT molecular complexity index is 1140. The molecule has 3 aromatic rings. The van der Waals surface area contributed by atoms with Crippen molar-refractivity contribution in [3.63, 3.8) is 0 Å². The predicted octanol–water partition coefficient (Wildman–Crippen LogP) is 4.83. The quantitative estimate of drug-likeness (QED) is 0.370. The maximum atomic E-state index is 13.1. The van der Waals surface area contributed by atoms with Gasteiger partial charge in [0.25, 0.3) is 5.91 Å². The molecular formula is C26H33N5O3S. The minimum Gasteiger partial charge on any atom is -0.455 e. The lowest BCUT2D eigenvalue weighted by atomic mass is 10.1. The molecule has 1 atom stereocenters. The van der Waals surface area contributed by atoms with Crippen molar-refractivity contribution in [2.45, 2.75) is 56.0 Å². The second-order valence-corrected chi connectivity index (χ2v) is 9.72. The minimum absolute atomic E-state index is 0.200. The standard InChI is InChI=1S/C26H33N5O3S/c1-3-4-10-22(24(32)28-19-8-7-9-20(17-19)31-14-5-6-15-31)29-25(33)23-12-11-21(34-23)18-35-26-27-13-16-30(26)2/h7-9,11-13,16-17,22H,3-6,10,14-15,18H2,1-2H3,(H,28,32)(H,29,33). The van der Waals surface area contributed by atoms with Crippen molar-refractivity contribution in [3.05, 3.63) is 60.3 Å². The first kappa shape index (κ1) is 24.9. The first-order valence-electron chi connectivity index (χ1n) is 12.2. The summed E-state index contributed by atoms with van der Waals surface area (Å²) >= 11 is 1.53. The van der Waals surface area contributed by atoms with Crippen molar-refractivity contribution in [1.29, 1.82) is 0 Å². The smallest absolute Gasteiger partial charge is 0.287 e. The third-order valence-corrected chi connectivity index (χ3v) is 7.14. The highest BCUT2D eigenvalue weighted by atomic mass is 32.2. The SMILES string of the molecule is CCCCC(NC(=O)c1ccc(CSc2nccn2C)o1)C(=O)Nc1cccc(N2CCCC2)c1. The van der Waals surface area contributed by atoms with E-state index in [1.54, 1.807) is 18.3 Å². The Morgan fingerprint density at radius 2 is 2.03 bits per heavy atom. The molecule has 3 heterocycles. The van der Waals surface area contributed by atoms with E-state index in [9.17, 15) is 9.59 Å². The van der Waals surface area contributed by atoms with Gasteiger partial charge in [-0.05, 0) is 49.6 Å². The Kier molecular flexibility index (Phi) is 8.52. The first-order valence-corrected chi connectivity index (χ1v) is 13.2. The summed E-state index contributed by atoms with van der Waals surface area (Å²) in [5.41, 5.74) is 1.85. The molecule has 1 fully saturated rings. The van der Waals surface area contributed by atoms with Crippen LogP contribution < -0.4 is 15.5 Å². The fraction of sp³-hybridized carbons (Fsp3) is 0.423. The number of aryl methyl sites for hydroxylation is 1. The molecule has 8 nitrogen and oxygen atoms in total. The highest BCUT2D eigenvalue weighted by molar-refractivity contribution is 7.98. The van der Waals surface area contributed by atoms with Gasteiger partial charge in [-0.1, -0.05) is 37.6 Å². The zero-order chi connectivity index (χ0) is 24.6. The summed E-state index contributed by atoms with van der Waals surface area (Å²) in [5, 5.41) is 6.74. The van der Waals surface area contributed by atoms with Gasteiger partial charge in [-0.25, -0.2) is 4.98 Å². The van der Waals surface area contributed by atoms with Gasteiger partial charge in [-0.2, -0.15) is 0 Å². The molecule has 2 N–H and O–H groups in total. The second kappa shape index (κ2) is 12.0. The normalized spacial score (nSPS) is 14.2. The average molecular weight is 496 g/mol. The third-order valence-electron chi connectivity index (χ3n) is 6.06. The van der Waals surface area contributed by atoms with Gasteiger partial charge in [0.15, 0.2) is 10.9 Å². The van der Waals surface area contributed by atoms with Crippen LogP contribution in [0.4, 0.5) is 11.4 Å². The molecule has 9 heteroatoms. The van der Waals surface area contributed by atoms with Crippen LogP contribution in [0, 0.1) is 0 Å². The number of hydrogen-bond acceptors (Lipinski definition) is 6. The van der Waals surface area contributed by atoms with Crippen LogP contribution in [-0.2, 0) is 17.6 Å². The van der Waals surface area contributed by atoms with Crippen LogP contribution in [0.5, 0.6) is 0 Å². The molecule has 1 aliphatic heterocycles. The van der Waals surface area contributed by atoms with E-state index in [1.165, 1.54) is 24.6 Å². The zero-order valence-corrected chi connectivity index (χ0v) is 21.1. The molecule has 0 aliphatic carbocycles. The summed E-state index contributed by atoms with van der Waals surface area (Å²) in [6, 6.07) is 10.7. The van der Waals surface area contributed by atoms with Crippen LogP contribution >= 0.6 is 11.8 Å². The van der Waals surface area contributed by atoms with Gasteiger partial charge in [0.2, 0.25) is 5.91 Å². The van der Waals surface area contributed by atoms with Gasteiger partial charge < -0.3 is 24.5 Å². The molecule has 2 amide bonds. The number of nitrogens with one attached hydrogen (secondary N) is 2. The number of imidazole rings is 1. The number of amides is 2. The van der Waals surface area contributed by atoms with Crippen molar-refractivity contribution in [1.82, 2.24) is 14.9 Å². The van der Waals surface area contributed by atoms with E-state index >= 15 is 0 Å². The summed E-state index contributed by atoms with van der Waals surface area (Å²) in [7, 11) is 1.93. The lowest BCUT2D eigenvalue weighted by molar-refractivity contribution is -0.118. The molecule has 186 valence electrons. The van der Waals surface area contributed by atoms with Gasteiger partial charge in [-0.3, -0.25) is 9.59 Å². The molecule has 0 spiro atoms. The van der Waals surface area contributed by atoms with E-state index in [0.29, 0.717) is 17.9 Å². The van der Waals surface area contributed by atoms with Crippen molar-refractivity contribution < 1.29 is 14.0 Å². The number of anilines is 2. The molecule has 4 rings (SSSR count). The highest BCUT2D eigenvalue weighted by Gasteiger charge is 2.23. The maximum Gasteiger partial charge on any atom is 0.287 e. The second-order valence-electron chi connectivity index (χ2n) is 8.78. The number of unbranched alkanes of at least 4 members (excludes halogenated alkanes) is 1. The van der Waals surface area contributed by atoms with Gasteiger partial charge in [0.05, 0.1) is 5.75 Å². The van der Waals surface area contributed by atoms with E-state index in [4.69, 9.17) is 4.42 Å². The van der Waals surface area contributed by atoms with Crippen molar-refractivity contribution in [3.8, 4) is 0 Å². The zero-order valence-electron chi connectivity index (χ0n) is 20.3. The van der Waals surface area contributed by atoms with Crippen molar-refractivity contribution in [2.75, 3.05) is 23.3 Å². The Hall–Kier alpha value is -3.20. The maximum absolute atomic E-state index is 13.1. The van der Waals surface area contributed by atoms with Crippen LogP contribution in [-0.4, -0.2) is 40.5 Å². The third kappa shape index (κ3) is 6.69. The van der Waals surface area contributed by atoms with E-state index in [2.05, 4.69) is 33.5 Å². The number of carbonyl (C=O) groups is 2. The molecule has 1 unspecified atom stereocenters. The molecule has 1 aliphatic rings. The van der Waals surface area contributed by atoms with E-state index in [-0.39, 0.29) is 17.6 Å². The Balaban J connectivity index is 1.37. The van der Waals surface area contributed by atoms with Crippen molar-refractivity contribution in [2.24, 2.45) is 7.05 Å². The number of nitrogens with zero attached hydrogens (tertiary/aromatic N) is 3. The molecule has 2 aromatic heterocycles. The number of hydrogen-bond donors (Lipinski definition) is 2. The fourth-order valence-corrected chi connectivity index (χ4v) is 4.92. The van der Waals surface area contributed by atoms with Crippen LogP contribution in [0.3, 0.4) is 0 Å². The van der Waals surface area contributed by atoms with E-state index in [0.717, 1.165) is 42.5 Å². The summed E-state index contributed by atoms with van der Waals surface area (Å²) in [4.78, 5) is 32.6. The molecule has 1 saturated heterocycles. The van der Waals surface area contributed by atoms with Gasteiger partial charge in [0.1, 0.15) is 11.8 Å². The Morgan fingerprint density at radius 3 is 2.77 bits per heavy atom. The molecule has 0 radical (unpaired) electrons. The van der Waals surface area contributed by atoms with Crippen LogP contribution in [0.2, 0.25) is 0 Å². The Labute approximate surface area is 210 Å². The molecule has 1 aromatic carbocycles. The minimum atomic E-state index is -0.645. The average Bonchev–Trinajstić information content (AvgIpc) is 3.63. The van der Waals surface area contributed by atoms with Crippen LogP contribution in [0.1, 0.15) is 55.3 Å². The number of carbonyl (C=O) groups excluding carboxylic acids is 2. The van der Waals surface area contributed by atoms with Crippen LogP contribution in [0.15, 0.2) is 58.4 Å². The Morgan fingerprint density at radius 1 is 1.20 bits per heavy atom. The van der Waals surface area contributed by atoms with Crippen molar-refractivity contribution >= 4 is 35.0 Å². The first-order chi connectivity index (χ1) is 17.0. The van der Waals surface area contributed by atoms with E-state index in [1.807, 2.05) is 36.0 Å². The summed E-state index contributed by atoms with van der Waals surface area (Å²) in [6.45, 7) is 4.14. The molecular weight excluding hydrogens is 462 g/mol. The molecule has 0 saturated carbocycles. The fourth-order valence-electron chi connectivity index (χ4n) is 4.10. The monoisotopic (exact) mass is 495 g/mol. The summed E-state index contributed by atoms with van der Waals surface area (Å²) in [6.07, 6.45) is 8.33. The topological polar surface area (TPSA) is 92.4 Å². The van der Waals surface area contributed by atoms with Gasteiger partial charge in [-0.15, -0.1) is 0 Å². The highest BCUT2D eigenvalue weighted by Crippen LogP contribution is 2.24. The lowest BCUT2D eigenvalue weighted by Crippen LogP contribution is -2.43. The number of furan rings is 1. The van der Waals surface area contributed by atoms with E-state index < -0.39 is 6.04 Å². The number of rotatable bonds is 11. The van der Waals surface area contributed by atoms with Crippen LogP contribution in [0.25, 0.3) is 0 Å². The number of aromatic nitrogens is 2. The largest absolute Gasteiger partial charge is 0.455 e. The van der Waals surface area contributed by atoms with Gasteiger partial charge in [0, 0.05) is 43.9 Å². The summed E-state index contributed by atoms with van der Waals surface area (Å²) < 4.78 is 7.68. The lowest BCUT2D eigenvalue weighted by Gasteiger charge is -2.20. The summed E-state index contributed by atoms with van der Waals surface area (Å²) in [5.74, 6) is 0.829. The number of thioether (sulfide) groups is 1. The molecule has 35 heavy (non-hydrogen) atoms.